The van der Waals surface area contributed by atoms with Crippen molar-refractivity contribution in [1.29, 1.82) is 0 Å². The lowest BCUT2D eigenvalue weighted by molar-refractivity contribution is 0.0635. The first-order valence-corrected chi connectivity index (χ1v) is 16.4. The molecule has 0 atom stereocenters. The molecule has 1 amide bonds. The molecule has 9 nitrogen and oxygen atoms in total. The van der Waals surface area contributed by atoms with Gasteiger partial charge >= 0.3 is 6.09 Å². The van der Waals surface area contributed by atoms with Crippen LogP contribution in [0, 0.1) is 0 Å². The zero-order chi connectivity index (χ0) is 26.1. The number of carbonyl (C=O) groups is 1. The molecule has 0 spiro atoms. The summed E-state index contributed by atoms with van der Waals surface area (Å²) in [5, 5.41) is 3.62. The summed E-state index contributed by atoms with van der Waals surface area (Å²) < 4.78 is 20.0. The first-order valence-electron chi connectivity index (χ1n) is 11.8. The predicted molar refractivity (Wildman–Crippen MR) is 147 cm³/mol. The number of methoxy groups -OCH3 is 1. The number of amides is 1. The molecule has 1 N–H and O–H groups in total. The van der Waals surface area contributed by atoms with Crippen LogP contribution < -0.4 is 10.1 Å². The number of anilines is 1. The standard InChI is InChI=1S/C25H33N5O4SSi/c1-25(2,3)34-24(31)28-20-9-8-16-18(17-12-19-21(26-14-35-19)29-23(17)32-4)13-30(22(16)27-20)15-33-10-11-36(5,6)7/h8-9,12-14H,10-11,15H2,1-7H3,(H,27,28,31). The minimum Gasteiger partial charge on any atom is -0.480 e. The summed E-state index contributed by atoms with van der Waals surface area (Å²) in [6, 6.07) is 6.80. The van der Waals surface area contributed by atoms with Crippen molar-refractivity contribution in [1.82, 2.24) is 19.5 Å². The molecule has 11 heteroatoms. The molecule has 4 aromatic heterocycles. The van der Waals surface area contributed by atoms with E-state index >= 15 is 0 Å². The Morgan fingerprint density at radius 2 is 1.94 bits per heavy atom. The quantitative estimate of drug-likeness (QED) is 0.210. The predicted octanol–water partition coefficient (Wildman–Crippen LogP) is 6.38. The van der Waals surface area contributed by atoms with Gasteiger partial charge in [0.15, 0.2) is 5.65 Å². The molecule has 0 aliphatic heterocycles. The molecule has 0 unspecified atom stereocenters. The molecule has 0 bridgehead atoms. The Hall–Kier alpha value is -3.02. The Kier molecular flexibility index (Phi) is 7.35. The smallest absolute Gasteiger partial charge is 0.413 e. The lowest BCUT2D eigenvalue weighted by Gasteiger charge is -2.19. The maximum atomic E-state index is 12.3. The van der Waals surface area contributed by atoms with Gasteiger partial charge in [-0.2, -0.15) is 4.98 Å². The van der Waals surface area contributed by atoms with Crippen LogP contribution in [0.5, 0.6) is 5.88 Å². The second kappa shape index (κ2) is 10.2. The van der Waals surface area contributed by atoms with E-state index in [1.165, 1.54) is 11.3 Å². The summed E-state index contributed by atoms with van der Waals surface area (Å²) in [6.07, 6.45) is 1.44. The highest BCUT2D eigenvalue weighted by molar-refractivity contribution is 7.16. The van der Waals surface area contributed by atoms with Crippen LogP contribution in [0.3, 0.4) is 0 Å². The molecule has 0 saturated carbocycles. The largest absolute Gasteiger partial charge is 0.480 e. The normalized spacial score (nSPS) is 12.3. The summed E-state index contributed by atoms with van der Waals surface area (Å²) >= 11 is 1.53. The van der Waals surface area contributed by atoms with Crippen LogP contribution in [0.25, 0.3) is 32.5 Å². The molecule has 0 aliphatic rings. The van der Waals surface area contributed by atoms with Crippen LogP contribution in [0.15, 0.2) is 29.9 Å². The highest BCUT2D eigenvalue weighted by Gasteiger charge is 2.21. The van der Waals surface area contributed by atoms with Crippen molar-refractivity contribution in [3.8, 4) is 17.0 Å². The number of aromatic nitrogens is 4. The highest BCUT2D eigenvalue weighted by atomic mass is 32.1. The fourth-order valence-electron chi connectivity index (χ4n) is 3.63. The van der Waals surface area contributed by atoms with Crippen LogP contribution in [0.4, 0.5) is 10.6 Å². The number of ether oxygens (including phenoxy) is 3. The fraction of sp³-hybridized carbons (Fsp3) is 0.440. The van der Waals surface area contributed by atoms with Crippen molar-refractivity contribution in [2.24, 2.45) is 0 Å². The number of fused-ring (bicyclic) bond motifs is 2. The molecular formula is C25H33N5O4SSi. The molecule has 36 heavy (non-hydrogen) atoms. The van der Waals surface area contributed by atoms with Crippen molar-refractivity contribution in [3.63, 3.8) is 0 Å². The van der Waals surface area contributed by atoms with Crippen molar-refractivity contribution >= 4 is 52.7 Å². The van der Waals surface area contributed by atoms with Crippen LogP contribution in [0.1, 0.15) is 20.8 Å². The molecule has 0 radical (unpaired) electrons. The second-order valence-corrected chi connectivity index (χ2v) is 17.3. The number of carbonyl (C=O) groups excluding carboxylic acids is 1. The number of thiazole rings is 1. The molecule has 0 aromatic carbocycles. The minimum atomic E-state index is -1.22. The molecular weight excluding hydrogens is 494 g/mol. The van der Waals surface area contributed by atoms with E-state index in [2.05, 4.69) is 34.9 Å². The zero-order valence-electron chi connectivity index (χ0n) is 21.8. The van der Waals surface area contributed by atoms with Gasteiger partial charge < -0.3 is 18.8 Å². The SMILES string of the molecule is COc1nc2ncsc2cc1-c1cn(COCC[Si](C)(C)C)c2nc(NC(=O)OC(C)(C)C)ccc12. The minimum absolute atomic E-state index is 0.336. The summed E-state index contributed by atoms with van der Waals surface area (Å²) in [6.45, 7) is 13.4. The molecule has 192 valence electrons. The number of rotatable bonds is 8. The first kappa shape index (κ1) is 26.1. The first-order chi connectivity index (χ1) is 16.9. The van der Waals surface area contributed by atoms with E-state index in [1.54, 1.807) is 18.7 Å². The summed E-state index contributed by atoms with van der Waals surface area (Å²) in [5.74, 6) is 0.885. The van der Waals surface area contributed by atoms with Gasteiger partial charge in [-0.25, -0.2) is 14.8 Å². The maximum Gasteiger partial charge on any atom is 0.413 e. The molecule has 0 saturated heterocycles. The van der Waals surface area contributed by atoms with Gasteiger partial charge in [0.25, 0.3) is 0 Å². The third-order valence-corrected chi connectivity index (χ3v) is 7.82. The van der Waals surface area contributed by atoms with Crippen molar-refractivity contribution in [2.75, 3.05) is 19.0 Å². The molecule has 0 fully saturated rings. The zero-order valence-corrected chi connectivity index (χ0v) is 23.7. The van der Waals surface area contributed by atoms with Gasteiger partial charge in [0.2, 0.25) is 5.88 Å². The van der Waals surface area contributed by atoms with Gasteiger partial charge in [0.1, 0.15) is 23.8 Å². The Morgan fingerprint density at radius 3 is 2.64 bits per heavy atom. The number of hydrogen-bond acceptors (Lipinski definition) is 8. The van der Waals surface area contributed by atoms with Gasteiger partial charge in [0.05, 0.1) is 17.3 Å². The van der Waals surface area contributed by atoms with Gasteiger partial charge in [-0.05, 0) is 45.0 Å². The van der Waals surface area contributed by atoms with E-state index in [4.69, 9.17) is 19.2 Å². The van der Waals surface area contributed by atoms with Gasteiger partial charge in [-0.15, -0.1) is 11.3 Å². The monoisotopic (exact) mass is 527 g/mol. The molecule has 4 rings (SSSR count). The third kappa shape index (κ3) is 6.21. The Bertz CT molecular complexity index is 1390. The second-order valence-electron chi connectivity index (χ2n) is 10.8. The number of hydrogen-bond donors (Lipinski definition) is 1. The fourth-order valence-corrected chi connectivity index (χ4v) is 5.04. The van der Waals surface area contributed by atoms with Crippen LogP contribution in [-0.4, -0.2) is 53.0 Å². The van der Waals surface area contributed by atoms with Gasteiger partial charge in [-0.1, -0.05) is 19.6 Å². The number of nitrogens with zero attached hydrogens (tertiary/aromatic N) is 4. The van der Waals surface area contributed by atoms with Gasteiger partial charge in [-0.3, -0.25) is 5.32 Å². The van der Waals surface area contributed by atoms with Gasteiger partial charge in [0, 0.05) is 37.4 Å². The maximum absolute atomic E-state index is 12.3. The lowest BCUT2D eigenvalue weighted by atomic mass is 10.1. The molecule has 0 aliphatic carbocycles. The van der Waals surface area contributed by atoms with Crippen molar-refractivity contribution in [2.45, 2.75) is 58.8 Å². The summed E-state index contributed by atoms with van der Waals surface area (Å²) in [7, 11) is 0.385. The van der Waals surface area contributed by atoms with Crippen molar-refractivity contribution < 1.29 is 19.0 Å². The topological polar surface area (TPSA) is 100 Å². The number of nitrogens with one attached hydrogen (secondary N) is 1. The summed E-state index contributed by atoms with van der Waals surface area (Å²) in [5.41, 5.74) is 4.25. The Balaban J connectivity index is 1.73. The lowest BCUT2D eigenvalue weighted by Crippen LogP contribution is -2.27. The molecule has 4 heterocycles. The average Bonchev–Trinajstić information content (AvgIpc) is 3.37. The third-order valence-electron chi connectivity index (χ3n) is 5.35. The molecule has 4 aromatic rings. The van der Waals surface area contributed by atoms with Crippen LogP contribution >= 0.6 is 11.3 Å². The Labute approximate surface area is 215 Å². The van der Waals surface area contributed by atoms with E-state index in [1.807, 2.05) is 43.7 Å². The Morgan fingerprint density at radius 1 is 1.17 bits per heavy atom. The van der Waals surface area contributed by atoms with E-state index in [-0.39, 0.29) is 0 Å². The summed E-state index contributed by atoms with van der Waals surface area (Å²) in [4.78, 5) is 26.0. The van der Waals surface area contributed by atoms with E-state index in [9.17, 15) is 4.79 Å². The van der Waals surface area contributed by atoms with Crippen LogP contribution in [-0.2, 0) is 16.2 Å². The van der Waals surface area contributed by atoms with E-state index in [0.717, 1.165) is 27.3 Å². The highest BCUT2D eigenvalue weighted by Crippen LogP contribution is 2.38. The average molecular weight is 528 g/mol. The van der Waals surface area contributed by atoms with E-state index < -0.39 is 19.8 Å². The van der Waals surface area contributed by atoms with E-state index in [0.29, 0.717) is 36.3 Å². The van der Waals surface area contributed by atoms with Crippen molar-refractivity contribution in [3.05, 3.63) is 29.9 Å². The van der Waals surface area contributed by atoms with Crippen LogP contribution in [0.2, 0.25) is 25.7 Å². The number of pyridine rings is 2.